The van der Waals surface area contributed by atoms with Gasteiger partial charge in [0.15, 0.2) is 6.10 Å². The van der Waals surface area contributed by atoms with Crippen LogP contribution in [0.5, 0.6) is 0 Å². The van der Waals surface area contributed by atoms with Crippen LogP contribution in [0.15, 0.2) is 182 Å². The van der Waals surface area contributed by atoms with Gasteiger partial charge in [0.05, 0.1) is 0 Å². The second kappa shape index (κ2) is 65.0. The molecule has 0 aliphatic carbocycles. The third kappa shape index (κ3) is 63.2. The van der Waals surface area contributed by atoms with Crippen LogP contribution < -0.4 is 0 Å². The average Bonchev–Trinajstić information content (AvgIpc) is 3.45. The largest absolute Gasteiger partial charge is 0.462 e. The minimum absolute atomic E-state index is 0.117. The van der Waals surface area contributed by atoms with Gasteiger partial charge < -0.3 is 14.2 Å². The van der Waals surface area contributed by atoms with Gasteiger partial charge in [0, 0.05) is 19.3 Å². The minimum Gasteiger partial charge on any atom is -0.462 e. The first-order chi connectivity index (χ1) is 39.0. The highest BCUT2D eigenvalue weighted by Gasteiger charge is 2.19. The first-order valence-corrected chi connectivity index (χ1v) is 31.3. The van der Waals surface area contributed by atoms with Gasteiger partial charge in [0.25, 0.3) is 0 Å². The predicted molar refractivity (Wildman–Crippen MR) is 343 cm³/mol. The minimum atomic E-state index is -0.824. The second-order valence-electron chi connectivity index (χ2n) is 19.8. The molecule has 79 heavy (non-hydrogen) atoms. The summed E-state index contributed by atoms with van der Waals surface area (Å²) in [6.45, 7) is 6.26. The molecule has 0 saturated carbocycles. The molecule has 0 aromatic rings. The molecule has 0 spiro atoms. The molecule has 0 aliphatic rings. The van der Waals surface area contributed by atoms with Crippen LogP contribution in [-0.4, -0.2) is 37.2 Å². The molecule has 0 radical (unpaired) electrons. The fourth-order valence-electron chi connectivity index (χ4n) is 7.76. The van der Waals surface area contributed by atoms with Gasteiger partial charge in [-0.2, -0.15) is 0 Å². The highest BCUT2D eigenvalue weighted by molar-refractivity contribution is 5.71. The summed E-state index contributed by atoms with van der Waals surface area (Å²) in [6.07, 6.45) is 97.6. The molecule has 6 heteroatoms. The molecule has 440 valence electrons. The normalized spacial score (nSPS) is 13.4. The molecule has 0 fully saturated rings. The Labute approximate surface area is 484 Å². The van der Waals surface area contributed by atoms with Crippen molar-refractivity contribution in [2.75, 3.05) is 13.2 Å². The van der Waals surface area contributed by atoms with Crippen LogP contribution in [0.25, 0.3) is 0 Å². The van der Waals surface area contributed by atoms with E-state index in [2.05, 4.69) is 203 Å². The average molecular weight is 1090 g/mol. The Kier molecular flexibility index (Phi) is 60.5. The van der Waals surface area contributed by atoms with Crippen LogP contribution in [0.1, 0.15) is 239 Å². The summed E-state index contributed by atoms with van der Waals surface area (Å²) in [7, 11) is 0. The monoisotopic (exact) mass is 1080 g/mol. The van der Waals surface area contributed by atoms with E-state index in [1.54, 1.807) is 0 Å². The van der Waals surface area contributed by atoms with Crippen molar-refractivity contribution < 1.29 is 28.6 Å². The molecule has 1 atom stereocenters. The van der Waals surface area contributed by atoms with Gasteiger partial charge in [0.2, 0.25) is 0 Å². The molecule has 0 amide bonds. The quantitative estimate of drug-likeness (QED) is 0.0261. The lowest BCUT2D eigenvalue weighted by molar-refractivity contribution is -0.167. The zero-order valence-corrected chi connectivity index (χ0v) is 50.3. The Morgan fingerprint density at radius 2 is 0.494 bits per heavy atom. The van der Waals surface area contributed by atoms with Crippen LogP contribution in [0.4, 0.5) is 0 Å². The van der Waals surface area contributed by atoms with Crippen molar-refractivity contribution in [3.05, 3.63) is 182 Å². The van der Waals surface area contributed by atoms with Crippen molar-refractivity contribution in [3.63, 3.8) is 0 Å². The van der Waals surface area contributed by atoms with E-state index in [0.29, 0.717) is 19.3 Å². The van der Waals surface area contributed by atoms with Crippen molar-refractivity contribution in [1.29, 1.82) is 0 Å². The lowest BCUT2D eigenvalue weighted by atomic mass is 10.1. The molecular weight excluding hydrogens is 973 g/mol. The van der Waals surface area contributed by atoms with Crippen LogP contribution in [0, 0.1) is 0 Å². The fraction of sp³-hybridized carbons (Fsp3) is 0.548. The van der Waals surface area contributed by atoms with E-state index in [1.807, 2.05) is 0 Å². The molecule has 0 saturated heterocycles. The van der Waals surface area contributed by atoms with E-state index < -0.39 is 6.10 Å². The van der Waals surface area contributed by atoms with Crippen LogP contribution in [0.3, 0.4) is 0 Å². The van der Waals surface area contributed by atoms with Crippen molar-refractivity contribution in [2.24, 2.45) is 0 Å². The standard InChI is InChI=1S/C73H112O6/c1-4-7-10-13-16-19-22-25-27-28-29-30-31-32-33-34-35-36-37-38-39-40-41-42-43-44-46-48-51-54-57-60-63-66-72(75)78-69-70(68-77-71(74)65-62-59-56-53-50-47-24-21-18-15-12-9-6-3)79-73(76)67-64-61-58-55-52-49-45-26-23-20-17-14-11-8-5-2/h7-8,10-12,15-17,19-21,24-27,29-30,32-33,35-36,38-39,41-42,44-46,52,55,70H,4-6,9,13-14,18,22-23,28,31,34,37,40,43,47-51,53-54,56-69H2,1-3H3/b10-7-,11-8-,15-12-,19-16-,20-17-,24-21-,27-25-,30-29-,33-32-,36-35-,39-38-,42-41-,45-26-,46-44-,55-52-. The summed E-state index contributed by atoms with van der Waals surface area (Å²) in [4.78, 5) is 38.2. The van der Waals surface area contributed by atoms with E-state index in [0.717, 1.165) is 186 Å². The van der Waals surface area contributed by atoms with Gasteiger partial charge in [-0.25, -0.2) is 0 Å². The highest BCUT2D eigenvalue weighted by atomic mass is 16.6. The Morgan fingerprint density at radius 3 is 0.797 bits per heavy atom. The Balaban J connectivity index is 4.39. The van der Waals surface area contributed by atoms with Crippen molar-refractivity contribution in [1.82, 2.24) is 0 Å². The van der Waals surface area contributed by atoms with E-state index in [-0.39, 0.29) is 37.5 Å². The fourth-order valence-corrected chi connectivity index (χ4v) is 7.76. The number of rotatable bonds is 54. The number of unbranched alkanes of at least 4 members (excludes halogenated alkanes) is 13. The molecule has 0 aromatic carbocycles. The number of carbonyl (C=O) groups excluding carboxylic acids is 3. The first-order valence-electron chi connectivity index (χ1n) is 31.3. The maximum absolute atomic E-state index is 12.8. The molecule has 0 rings (SSSR count). The van der Waals surface area contributed by atoms with Gasteiger partial charge >= 0.3 is 17.9 Å². The zero-order chi connectivity index (χ0) is 57.1. The van der Waals surface area contributed by atoms with Crippen LogP contribution >= 0.6 is 0 Å². The third-order valence-electron chi connectivity index (χ3n) is 12.4. The number of hydrogen-bond acceptors (Lipinski definition) is 6. The van der Waals surface area contributed by atoms with Crippen molar-refractivity contribution >= 4 is 17.9 Å². The maximum atomic E-state index is 12.8. The number of ether oxygens (including phenoxy) is 3. The Hall–Kier alpha value is -5.49. The summed E-state index contributed by atoms with van der Waals surface area (Å²) < 4.78 is 16.8. The molecule has 1 unspecified atom stereocenters. The lowest BCUT2D eigenvalue weighted by Gasteiger charge is -2.18. The van der Waals surface area contributed by atoms with Crippen molar-refractivity contribution in [2.45, 2.75) is 245 Å². The second-order valence-corrected chi connectivity index (χ2v) is 19.8. The predicted octanol–water partition coefficient (Wildman–Crippen LogP) is 21.7. The molecule has 6 nitrogen and oxygen atoms in total. The molecular formula is C73H112O6. The smallest absolute Gasteiger partial charge is 0.306 e. The molecule has 0 N–H and O–H groups in total. The van der Waals surface area contributed by atoms with Gasteiger partial charge in [-0.05, 0) is 154 Å². The Bertz CT molecular complexity index is 1870. The van der Waals surface area contributed by atoms with Gasteiger partial charge in [-0.15, -0.1) is 0 Å². The van der Waals surface area contributed by atoms with Gasteiger partial charge in [-0.3, -0.25) is 14.4 Å². The van der Waals surface area contributed by atoms with E-state index in [1.165, 1.54) is 6.42 Å². The summed E-state index contributed by atoms with van der Waals surface area (Å²) in [5.74, 6) is -1.00. The maximum Gasteiger partial charge on any atom is 0.306 e. The van der Waals surface area contributed by atoms with E-state index in [9.17, 15) is 14.4 Å². The topological polar surface area (TPSA) is 78.9 Å². The summed E-state index contributed by atoms with van der Waals surface area (Å²) >= 11 is 0. The summed E-state index contributed by atoms with van der Waals surface area (Å²) in [5.41, 5.74) is 0. The van der Waals surface area contributed by atoms with Gasteiger partial charge in [0.1, 0.15) is 13.2 Å². The van der Waals surface area contributed by atoms with Crippen molar-refractivity contribution in [3.8, 4) is 0 Å². The number of carbonyl (C=O) groups is 3. The first kappa shape index (κ1) is 73.5. The zero-order valence-electron chi connectivity index (χ0n) is 50.3. The molecule has 0 aliphatic heterocycles. The highest BCUT2D eigenvalue weighted by Crippen LogP contribution is 2.13. The molecule has 0 aromatic heterocycles. The SMILES string of the molecule is CC/C=C\C/C=C\C/C=C\C/C=C\C/C=C\C/C=C\C/C=C\C/C=C\C/C=C\CCCCCCCC(=O)OCC(COC(=O)CCCCCCC/C=C\C/C=C\CCC)OC(=O)CCCC/C=C\C/C=C\C/C=C\C/C=C\CC. The number of hydrogen-bond donors (Lipinski definition) is 0. The summed E-state index contributed by atoms with van der Waals surface area (Å²) in [5, 5.41) is 0. The van der Waals surface area contributed by atoms with E-state index >= 15 is 0 Å². The molecule has 0 heterocycles. The third-order valence-corrected chi connectivity index (χ3v) is 12.4. The number of allylic oxidation sites excluding steroid dienone is 30. The van der Waals surface area contributed by atoms with Gasteiger partial charge in [-0.1, -0.05) is 248 Å². The Morgan fingerprint density at radius 1 is 0.266 bits per heavy atom. The molecule has 0 bridgehead atoms. The lowest BCUT2D eigenvalue weighted by Crippen LogP contribution is -2.30. The summed E-state index contributed by atoms with van der Waals surface area (Å²) in [6, 6.07) is 0. The number of esters is 3. The van der Waals surface area contributed by atoms with Crippen LogP contribution in [0.2, 0.25) is 0 Å². The van der Waals surface area contributed by atoms with E-state index in [4.69, 9.17) is 14.2 Å². The van der Waals surface area contributed by atoms with Crippen LogP contribution in [-0.2, 0) is 28.6 Å².